The van der Waals surface area contributed by atoms with Gasteiger partial charge in [-0.2, -0.15) is 0 Å². The molecule has 0 saturated carbocycles. The highest BCUT2D eigenvalue weighted by atomic mass is 79.9. The van der Waals surface area contributed by atoms with Crippen LogP contribution in [0.25, 0.3) is 0 Å². The van der Waals surface area contributed by atoms with E-state index in [1.54, 1.807) is 6.26 Å². The molecule has 3 aliphatic heterocycles. The molecule has 0 aromatic heterocycles. The normalized spacial score (nSPS) is 31.6. The minimum absolute atomic E-state index is 0.0294. The maximum atomic E-state index is 5.83. The summed E-state index contributed by atoms with van der Waals surface area (Å²) in [5.41, 5.74) is 9.05. The fourth-order valence-corrected chi connectivity index (χ4v) is 3.04. The van der Waals surface area contributed by atoms with Crippen molar-refractivity contribution in [1.29, 1.82) is 0 Å². The summed E-state index contributed by atoms with van der Waals surface area (Å²) < 4.78 is 18.0. The third-order valence-corrected chi connectivity index (χ3v) is 4.24. The summed E-state index contributed by atoms with van der Waals surface area (Å²) in [6.07, 6.45) is 3.55. The van der Waals surface area contributed by atoms with E-state index in [4.69, 9.17) is 19.8 Å². The van der Waals surface area contributed by atoms with E-state index in [0.29, 0.717) is 13.2 Å². The van der Waals surface area contributed by atoms with Gasteiger partial charge in [0.2, 0.25) is 0 Å². The minimum atomic E-state index is -0.309. The SMILES string of the molecule is CC1OB2OC(CN)C(Br)=C3C=COCC1=C23. The summed E-state index contributed by atoms with van der Waals surface area (Å²) in [4.78, 5) is 0. The van der Waals surface area contributed by atoms with E-state index in [1.807, 2.05) is 13.0 Å². The van der Waals surface area contributed by atoms with Crippen LogP contribution in [0, 0.1) is 0 Å². The highest BCUT2D eigenvalue weighted by molar-refractivity contribution is 9.11. The second-order valence-corrected chi connectivity index (χ2v) is 5.14. The van der Waals surface area contributed by atoms with Gasteiger partial charge in [0.1, 0.15) is 6.61 Å². The molecule has 0 radical (unpaired) electrons. The molecule has 0 saturated heterocycles. The zero-order valence-electron chi connectivity index (χ0n) is 9.48. The van der Waals surface area contributed by atoms with Gasteiger partial charge in [0, 0.05) is 11.0 Å². The van der Waals surface area contributed by atoms with E-state index >= 15 is 0 Å². The standard InChI is InChI=1S/C11H13BBrNO3/c1-6-8-5-15-3-2-7-10(8)12(16-6)17-9(4-14)11(7)13/h2-3,6,9H,4-5,14H2,1H3. The maximum absolute atomic E-state index is 5.83. The van der Waals surface area contributed by atoms with Gasteiger partial charge >= 0.3 is 7.12 Å². The molecule has 2 unspecified atom stereocenters. The van der Waals surface area contributed by atoms with Crippen molar-refractivity contribution in [1.82, 2.24) is 0 Å². The summed E-state index contributed by atoms with van der Waals surface area (Å²) in [6.45, 7) is 3.00. The van der Waals surface area contributed by atoms with Crippen molar-refractivity contribution in [2.24, 2.45) is 5.73 Å². The average molecular weight is 298 g/mol. The Balaban J connectivity index is 2.14. The molecule has 0 fully saturated rings. The minimum Gasteiger partial charge on any atom is -0.497 e. The predicted molar refractivity (Wildman–Crippen MR) is 68.3 cm³/mol. The molecule has 2 N–H and O–H groups in total. The van der Waals surface area contributed by atoms with Crippen LogP contribution in [0.2, 0.25) is 0 Å². The summed E-state index contributed by atoms with van der Waals surface area (Å²) >= 11 is 3.57. The van der Waals surface area contributed by atoms with Gasteiger partial charge in [0.05, 0.1) is 18.5 Å². The molecule has 4 nitrogen and oxygen atoms in total. The lowest BCUT2D eigenvalue weighted by molar-refractivity contribution is 0.150. The van der Waals surface area contributed by atoms with Crippen molar-refractivity contribution in [3.63, 3.8) is 0 Å². The average Bonchev–Trinajstić information content (AvgIpc) is 2.53. The maximum Gasteiger partial charge on any atom is 0.495 e. The summed E-state index contributed by atoms with van der Waals surface area (Å²) in [5, 5.41) is 0. The Hall–Kier alpha value is -0.555. The van der Waals surface area contributed by atoms with Crippen LogP contribution in [0.1, 0.15) is 6.92 Å². The molecule has 0 aromatic carbocycles. The predicted octanol–water partition coefficient (Wildman–Crippen LogP) is 1.28. The quantitative estimate of drug-likeness (QED) is 0.741. The van der Waals surface area contributed by atoms with E-state index in [1.165, 1.54) is 0 Å². The number of hydrogen-bond donors (Lipinski definition) is 1. The van der Waals surface area contributed by atoms with E-state index < -0.39 is 0 Å². The van der Waals surface area contributed by atoms with Gasteiger partial charge in [-0.3, -0.25) is 0 Å². The highest BCUT2D eigenvalue weighted by Crippen LogP contribution is 2.41. The first-order valence-electron chi connectivity index (χ1n) is 5.64. The van der Waals surface area contributed by atoms with Crippen molar-refractivity contribution < 1.29 is 14.0 Å². The second-order valence-electron chi connectivity index (χ2n) is 4.28. The lowest BCUT2D eigenvalue weighted by Crippen LogP contribution is -2.38. The van der Waals surface area contributed by atoms with Crippen molar-refractivity contribution >= 4 is 23.0 Å². The van der Waals surface area contributed by atoms with Crippen molar-refractivity contribution in [2.75, 3.05) is 13.2 Å². The fraction of sp³-hybridized carbons (Fsp3) is 0.455. The smallest absolute Gasteiger partial charge is 0.495 e. The summed E-state index contributed by atoms with van der Waals surface area (Å²) in [7, 11) is -0.309. The van der Waals surface area contributed by atoms with Crippen molar-refractivity contribution in [2.45, 2.75) is 19.1 Å². The van der Waals surface area contributed by atoms with Crippen molar-refractivity contribution in [3.8, 4) is 0 Å². The van der Waals surface area contributed by atoms with Crippen LogP contribution in [0.3, 0.4) is 0 Å². The molecule has 0 aromatic rings. The lowest BCUT2D eigenvalue weighted by atomic mass is 9.70. The Bertz CT molecular complexity index is 446. The highest BCUT2D eigenvalue weighted by Gasteiger charge is 2.45. The van der Waals surface area contributed by atoms with Crippen LogP contribution in [0.15, 0.2) is 33.4 Å². The largest absolute Gasteiger partial charge is 0.497 e. The zero-order chi connectivity index (χ0) is 12.0. The number of ether oxygens (including phenoxy) is 1. The monoisotopic (exact) mass is 297 g/mol. The molecule has 2 atom stereocenters. The fourth-order valence-electron chi connectivity index (χ4n) is 2.39. The van der Waals surface area contributed by atoms with E-state index in [9.17, 15) is 0 Å². The molecule has 0 aliphatic carbocycles. The first-order valence-corrected chi connectivity index (χ1v) is 6.43. The Morgan fingerprint density at radius 2 is 2.35 bits per heavy atom. The molecule has 0 spiro atoms. The van der Waals surface area contributed by atoms with Crippen molar-refractivity contribution in [3.05, 3.63) is 33.4 Å². The van der Waals surface area contributed by atoms with Crippen LogP contribution in [-0.4, -0.2) is 32.5 Å². The second kappa shape index (κ2) is 4.28. The summed E-state index contributed by atoms with van der Waals surface area (Å²) in [6, 6.07) is 0. The van der Waals surface area contributed by atoms with Gasteiger partial charge in [-0.1, -0.05) is 15.9 Å². The Morgan fingerprint density at radius 1 is 1.53 bits per heavy atom. The van der Waals surface area contributed by atoms with Crippen LogP contribution in [0.5, 0.6) is 0 Å². The summed E-state index contributed by atoms with van der Waals surface area (Å²) in [5.74, 6) is 0. The van der Waals surface area contributed by atoms with Gasteiger partial charge in [0.25, 0.3) is 0 Å². The number of allylic oxidation sites excluding steroid dienone is 3. The van der Waals surface area contributed by atoms with Gasteiger partial charge in [-0.05, 0) is 29.6 Å². The van der Waals surface area contributed by atoms with Crippen LogP contribution in [-0.2, 0) is 14.0 Å². The molecule has 0 bridgehead atoms. The van der Waals surface area contributed by atoms with E-state index in [-0.39, 0.29) is 19.3 Å². The molecule has 0 amide bonds. The Kier molecular flexibility index (Phi) is 2.90. The first-order chi connectivity index (χ1) is 8.22. The Labute approximate surface area is 109 Å². The van der Waals surface area contributed by atoms with Gasteiger partial charge < -0.3 is 19.8 Å². The first kappa shape index (κ1) is 11.5. The van der Waals surface area contributed by atoms with Gasteiger partial charge in [0.15, 0.2) is 0 Å². The zero-order valence-corrected chi connectivity index (χ0v) is 11.1. The third kappa shape index (κ3) is 1.71. The van der Waals surface area contributed by atoms with Gasteiger partial charge in [-0.15, -0.1) is 0 Å². The number of nitrogens with two attached hydrogens (primary N) is 1. The Morgan fingerprint density at radius 3 is 3.12 bits per heavy atom. The molecule has 3 rings (SSSR count). The van der Waals surface area contributed by atoms with Crippen LogP contribution in [0.4, 0.5) is 0 Å². The van der Waals surface area contributed by atoms with Crippen LogP contribution >= 0.6 is 15.9 Å². The molecule has 3 aliphatic rings. The molecule has 3 heterocycles. The molecule has 6 heteroatoms. The van der Waals surface area contributed by atoms with Gasteiger partial charge in [-0.25, -0.2) is 0 Å². The molecule has 17 heavy (non-hydrogen) atoms. The van der Waals surface area contributed by atoms with E-state index in [2.05, 4.69) is 15.9 Å². The lowest BCUT2D eigenvalue weighted by Gasteiger charge is -2.27. The number of hydrogen-bond acceptors (Lipinski definition) is 4. The topological polar surface area (TPSA) is 53.7 Å². The third-order valence-electron chi connectivity index (χ3n) is 3.30. The molecular formula is C11H13BBrNO3. The number of rotatable bonds is 1. The van der Waals surface area contributed by atoms with E-state index in [0.717, 1.165) is 21.1 Å². The molecule has 90 valence electrons. The molecular weight excluding hydrogens is 285 g/mol. The number of halogens is 1. The van der Waals surface area contributed by atoms with Crippen LogP contribution < -0.4 is 5.73 Å².